The number of nitrogens with one attached hydrogen (secondary N) is 2. The Morgan fingerprint density at radius 2 is 1.87 bits per heavy atom. The van der Waals surface area contributed by atoms with Gasteiger partial charge in [-0.3, -0.25) is 4.79 Å². The summed E-state index contributed by atoms with van der Waals surface area (Å²) >= 11 is 5.90. The predicted molar refractivity (Wildman–Crippen MR) is 96.1 cm³/mol. The van der Waals surface area contributed by atoms with Crippen LogP contribution >= 0.6 is 11.6 Å². The Morgan fingerprint density at radius 3 is 2.52 bits per heavy atom. The van der Waals surface area contributed by atoms with Crippen molar-refractivity contribution in [1.29, 1.82) is 0 Å². The van der Waals surface area contributed by atoms with Gasteiger partial charge >= 0.3 is 0 Å². The first kappa shape index (κ1) is 17.5. The molecular formula is C19H24ClN2O+. The number of hydrogen-bond acceptors (Lipinski definition) is 1. The minimum Gasteiger partial charge on any atom is -0.326 e. The smallest absolute Gasteiger partial charge is 0.279 e. The van der Waals surface area contributed by atoms with Gasteiger partial charge in [0.15, 0.2) is 6.54 Å². The fraction of sp³-hybridized carbons (Fsp3) is 0.316. The lowest BCUT2D eigenvalue weighted by Gasteiger charge is -2.16. The normalized spacial score (nSPS) is 12.0. The molecule has 23 heavy (non-hydrogen) atoms. The number of amides is 1. The number of carbonyl (C=O) groups is 1. The molecule has 0 aliphatic carbocycles. The van der Waals surface area contributed by atoms with E-state index in [1.54, 1.807) is 0 Å². The second-order valence-corrected chi connectivity index (χ2v) is 6.38. The summed E-state index contributed by atoms with van der Waals surface area (Å²) in [6.45, 7) is 5.35. The van der Waals surface area contributed by atoms with Crippen molar-refractivity contribution in [1.82, 2.24) is 0 Å². The van der Waals surface area contributed by atoms with Gasteiger partial charge < -0.3 is 10.2 Å². The highest BCUT2D eigenvalue weighted by molar-refractivity contribution is 6.30. The molecule has 2 aromatic carbocycles. The van der Waals surface area contributed by atoms with Crippen molar-refractivity contribution in [3.63, 3.8) is 0 Å². The summed E-state index contributed by atoms with van der Waals surface area (Å²) in [7, 11) is 2.02. The van der Waals surface area contributed by atoms with E-state index in [2.05, 4.69) is 18.3 Å². The van der Waals surface area contributed by atoms with Crippen molar-refractivity contribution < 1.29 is 9.69 Å². The highest BCUT2D eigenvalue weighted by Gasteiger charge is 2.13. The quantitative estimate of drug-likeness (QED) is 0.838. The monoisotopic (exact) mass is 331 g/mol. The lowest BCUT2D eigenvalue weighted by Crippen LogP contribution is -3.08. The van der Waals surface area contributed by atoms with Crippen molar-refractivity contribution in [3.8, 4) is 0 Å². The van der Waals surface area contributed by atoms with E-state index in [0.29, 0.717) is 6.54 Å². The minimum absolute atomic E-state index is 0.0421. The minimum atomic E-state index is 0.0421. The number of halogens is 1. The second kappa shape index (κ2) is 8.14. The van der Waals surface area contributed by atoms with E-state index in [0.717, 1.165) is 34.1 Å². The van der Waals surface area contributed by atoms with Gasteiger partial charge in [0.25, 0.3) is 5.91 Å². The molecule has 1 atom stereocenters. The van der Waals surface area contributed by atoms with Crippen LogP contribution in [0.2, 0.25) is 5.02 Å². The summed E-state index contributed by atoms with van der Waals surface area (Å²) in [4.78, 5) is 13.5. The van der Waals surface area contributed by atoms with E-state index >= 15 is 0 Å². The van der Waals surface area contributed by atoms with Crippen molar-refractivity contribution in [2.75, 3.05) is 18.9 Å². The molecular weight excluding hydrogens is 308 g/mol. The van der Waals surface area contributed by atoms with Gasteiger partial charge in [-0.2, -0.15) is 0 Å². The van der Waals surface area contributed by atoms with Crippen LogP contribution < -0.4 is 10.2 Å². The van der Waals surface area contributed by atoms with Gasteiger partial charge in [-0.05, 0) is 36.6 Å². The number of carbonyl (C=O) groups excluding carboxylic acids is 1. The molecule has 3 nitrogen and oxygen atoms in total. The van der Waals surface area contributed by atoms with Gasteiger partial charge in [-0.15, -0.1) is 0 Å². The Labute approximate surface area is 143 Å². The lowest BCUT2D eigenvalue weighted by atomic mass is 10.1. The molecule has 0 heterocycles. The van der Waals surface area contributed by atoms with Crippen LogP contribution in [0.4, 0.5) is 5.69 Å². The maximum atomic E-state index is 12.3. The number of aryl methyl sites for hydroxylation is 2. The van der Waals surface area contributed by atoms with E-state index in [4.69, 9.17) is 11.6 Å². The number of hydrogen-bond donors (Lipinski definition) is 2. The van der Waals surface area contributed by atoms with Crippen LogP contribution in [0.15, 0.2) is 42.5 Å². The third-order valence-electron chi connectivity index (χ3n) is 3.89. The molecule has 0 spiro atoms. The Hall–Kier alpha value is -1.84. The Morgan fingerprint density at radius 1 is 1.17 bits per heavy atom. The summed E-state index contributed by atoms with van der Waals surface area (Å²) in [5, 5.41) is 3.81. The molecule has 0 aliphatic heterocycles. The average Bonchev–Trinajstić information content (AvgIpc) is 2.51. The van der Waals surface area contributed by atoms with E-state index in [9.17, 15) is 4.79 Å². The van der Waals surface area contributed by atoms with Gasteiger partial charge in [0, 0.05) is 16.3 Å². The molecule has 122 valence electrons. The molecule has 2 rings (SSSR count). The van der Waals surface area contributed by atoms with Crippen molar-refractivity contribution >= 4 is 23.2 Å². The van der Waals surface area contributed by atoms with Gasteiger partial charge in [0.1, 0.15) is 6.54 Å². The summed E-state index contributed by atoms with van der Waals surface area (Å²) in [5.41, 5.74) is 4.41. The van der Waals surface area contributed by atoms with Gasteiger partial charge in [-0.1, -0.05) is 48.9 Å². The molecule has 0 radical (unpaired) electrons. The highest BCUT2D eigenvalue weighted by atomic mass is 35.5. The largest absolute Gasteiger partial charge is 0.326 e. The first-order chi connectivity index (χ1) is 11.0. The zero-order valence-corrected chi connectivity index (χ0v) is 14.7. The van der Waals surface area contributed by atoms with E-state index in [-0.39, 0.29) is 5.91 Å². The maximum absolute atomic E-state index is 12.3. The summed E-state index contributed by atoms with van der Waals surface area (Å²) in [5.74, 6) is 0.0421. The molecule has 0 fully saturated rings. The first-order valence-electron chi connectivity index (χ1n) is 7.93. The van der Waals surface area contributed by atoms with E-state index in [1.165, 1.54) is 11.1 Å². The molecule has 0 bridgehead atoms. The summed E-state index contributed by atoms with van der Waals surface area (Å²) < 4.78 is 0. The van der Waals surface area contributed by atoms with Crippen LogP contribution in [-0.2, 0) is 17.8 Å². The summed E-state index contributed by atoms with van der Waals surface area (Å²) in [6, 6.07) is 13.9. The van der Waals surface area contributed by atoms with E-state index in [1.807, 2.05) is 50.4 Å². The van der Waals surface area contributed by atoms with Crippen molar-refractivity contribution in [2.45, 2.75) is 26.8 Å². The fourth-order valence-corrected chi connectivity index (χ4v) is 2.80. The third kappa shape index (κ3) is 5.08. The molecule has 1 amide bonds. The Balaban J connectivity index is 1.95. The Bertz CT molecular complexity index is 668. The number of para-hydroxylation sites is 1. The number of benzene rings is 2. The Kier molecular flexibility index (Phi) is 6.20. The van der Waals surface area contributed by atoms with Crippen LogP contribution in [-0.4, -0.2) is 19.5 Å². The van der Waals surface area contributed by atoms with E-state index < -0.39 is 0 Å². The SMILES string of the molecule is CCc1cccc(C)c1NC(=O)C[NH+](C)Cc1ccc(Cl)cc1. The standard InChI is InChI=1S/C19H23ClN2O/c1-4-16-7-5-6-14(2)19(16)21-18(23)13-22(3)12-15-8-10-17(20)11-9-15/h5-11H,4,12-13H2,1-3H3,(H,21,23)/p+1. The topological polar surface area (TPSA) is 33.5 Å². The molecule has 0 aromatic heterocycles. The third-order valence-corrected chi connectivity index (χ3v) is 4.14. The molecule has 0 saturated heterocycles. The number of likely N-dealkylation sites (N-methyl/N-ethyl adjacent to an activating group) is 1. The zero-order valence-electron chi connectivity index (χ0n) is 13.9. The number of quaternary nitrogens is 1. The molecule has 2 aromatic rings. The zero-order chi connectivity index (χ0) is 16.8. The van der Waals surface area contributed by atoms with Crippen LogP contribution in [0.3, 0.4) is 0 Å². The predicted octanol–water partition coefficient (Wildman–Crippen LogP) is 2.86. The lowest BCUT2D eigenvalue weighted by molar-refractivity contribution is -0.885. The van der Waals surface area contributed by atoms with Crippen molar-refractivity contribution in [2.24, 2.45) is 0 Å². The van der Waals surface area contributed by atoms with Gasteiger partial charge in [-0.25, -0.2) is 0 Å². The molecule has 4 heteroatoms. The van der Waals surface area contributed by atoms with Gasteiger partial charge in [0.2, 0.25) is 0 Å². The molecule has 1 unspecified atom stereocenters. The van der Waals surface area contributed by atoms with Crippen LogP contribution in [0, 0.1) is 6.92 Å². The van der Waals surface area contributed by atoms with Crippen LogP contribution in [0.25, 0.3) is 0 Å². The van der Waals surface area contributed by atoms with Crippen LogP contribution in [0.5, 0.6) is 0 Å². The average molecular weight is 332 g/mol. The fourth-order valence-electron chi connectivity index (χ4n) is 2.67. The first-order valence-corrected chi connectivity index (χ1v) is 8.31. The number of anilines is 1. The van der Waals surface area contributed by atoms with Gasteiger partial charge in [0.05, 0.1) is 7.05 Å². The van der Waals surface area contributed by atoms with Crippen LogP contribution in [0.1, 0.15) is 23.6 Å². The molecule has 0 saturated carbocycles. The van der Waals surface area contributed by atoms with Crippen molar-refractivity contribution in [3.05, 3.63) is 64.2 Å². The maximum Gasteiger partial charge on any atom is 0.279 e. The molecule has 0 aliphatic rings. The second-order valence-electron chi connectivity index (χ2n) is 5.95. The summed E-state index contributed by atoms with van der Waals surface area (Å²) in [6.07, 6.45) is 0.908. The number of rotatable bonds is 6. The molecule has 2 N–H and O–H groups in total. The highest BCUT2D eigenvalue weighted by Crippen LogP contribution is 2.20.